The van der Waals surface area contributed by atoms with Gasteiger partial charge in [0.25, 0.3) is 0 Å². The van der Waals surface area contributed by atoms with Crippen LogP contribution >= 0.6 is 11.3 Å². The maximum Gasteiger partial charge on any atom is 0.0346 e. The Balaban J connectivity index is 1.79. The highest BCUT2D eigenvalue weighted by atomic mass is 32.1. The van der Waals surface area contributed by atoms with Crippen LogP contribution in [0.25, 0.3) is 10.1 Å². The summed E-state index contributed by atoms with van der Waals surface area (Å²) < 4.78 is 1.43. The summed E-state index contributed by atoms with van der Waals surface area (Å²) in [5, 5.41) is 3.80. The van der Waals surface area contributed by atoms with Gasteiger partial charge in [-0.15, -0.1) is 11.3 Å². The minimum atomic E-state index is 1.14. The Labute approximate surface area is 107 Å². The third-order valence-electron chi connectivity index (χ3n) is 3.65. The average molecular weight is 245 g/mol. The van der Waals surface area contributed by atoms with Crippen molar-refractivity contribution in [1.29, 1.82) is 0 Å². The molecular weight excluding hydrogens is 226 g/mol. The lowest BCUT2D eigenvalue weighted by atomic mass is 10.1. The van der Waals surface area contributed by atoms with Gasteiger partial charge in [0.1, 0.15) is 0 Å². The standard InChI is InChI=1S/C15H19NS/c1-2-6-10-16(9-5-1)11-13-12-17-15-8-4-3-7-14(13)15/h3-4,7-8,12H,1-2,5-6,9-11H2. The smallest absolute Gasteiger partial charge is 0.0346 e. The molecule has 0 atom stereocenters. The molecule has 0 saturated carbocycles. The Morgan fingerprint density at radius 1 is 1.00 bits per heavy atom. The van der Waals surface area contributed by atoms with Crippen LogP contribution in [0.15, 0.2) is 29.6 Å². The van der Waals surface area contributed by atoms with Gasteiger partial charge in [0.2, 0.25) is 0 Å². The van der Waals surface area contributed by atoms with Crippen molar-refractivity contribution < 1.29 is 0 Å². The zero-order chi connectivity index (χ0) is 11.5. The number of hydrogen-bond acceptors (Lipinski definition) is 2. The Morgan fingerprint density at radius 3 is 2.59 bits per heavy atom. The quantitative estimate of drug-likeness (QED) is 0.763. The molecule has 2 aromatic rings. The predicted molar refractivity (Wildman–Crippen MR) is 75.6 cm³/mol. The highest BCUT2D eigenvalue weighted by Gasteiger charge is 2.11. The van der Waals surface area contributed by atoms with Gasteiger partial charge in [0, 0.05) is 11.2 Å². The molecule has 1 fully saturated rings. The van der Waals surface area contributed by atoms with Crippen LogP contribution in [0.5, 0.6) is 0 Å². The second kappa shape index (κ2) is 5.19. The van der Waals surface area contributed by atoms with Crippen LogP contribution in [0.1, 0.15) is 31.2 Å². The molecule has 0 unspecified atom stereocenters. The van der Waals surface area contributed by atoms with E-state index in [9.17, 15) is 0 Å². The largest absolute Gasteiger partial charge is 0.299 e. The van der Waals surface area contributed by atoms with Gasteiger partial charge < -0.3 is 0 Å². The number of likely N-dealkylation sites (tertiary alicyclic amines) is 1. The van der Waals surface area contributed by atoms with Gasteiger partial charge in [-0.1, -0.05) is 31.0 Å². The summed E-state index contributed by atoms with van der Waals surface area (Å²) in [7, 11) is 0. The van der Waals surface area contributed by atoms with E-state index < -0.39 is 0 Å². The van der Waals surface area contributed by atoms with Crippen LogP contribution in [-0.4, -0.2) is 18.0 Å². The second-order valence-electron chi connectivity index (χ2n) is 4.95. The van der Waals surface area contributed by atoms with Crippen molar-refractivity contribution in [3.8, 4) is 0 Å². The highest BCUT2D eigenvalue weighted by Crippen LogP contribution is 2.27. The lowest BCUT2D eigenvalue weighted by molar-refractivity contribution is 0.278. The van der Waals surface area contributed by atoms with Crippen molar-refractivity contribution in [1.82, 2.24) is 4.90 Å². The van der Waals surface area contributed by atoms with Gasteiger partial charge in [-0.05, 0) is 48.3 Å². The van der Waals surface area contributed by atoms with Gasteiger partial charge in [-0.25, -0.2) is 0 Å². The third-order valence-corrected chi connectivity index (χ3v) is 4.67. The number of fused-ring (bicyclic) bond motifs is 1. The molecule has 1 aromatic carbocycles. The Kier molecular flexibility index (Phi) is 3.44. The van der Waals surface area contributed by atoms with E-state index in [0.29, 0.717) is 0 Å². The molecule has 2 heterocycles. The van der Waals surface area contributed by atoms with Crippen LogP contribution in [0, 0.1) is 0 Å². The molecule has 1 aromatic heterocycles. The average Bonchev–Trinajstić information content (AvgIpc) is 2.59. The maximum atomic E-state index is 2.63. The summed E-state index contributed by atoms with van der Waals surface area (Å²) in [6, 6.07) is 8.78. The Morgan fingerprint density at radius 2 is 1.76 bits per heavy atom. The number of nitrogens with zero attached hydrogens (tertiary/aromatic N) is 1. The zero-order valence-corrected chi connectivity index (χ0v) is 11.0. The maximum absolute atomic E-state index is 2.63. The fraction of sp³-hybridized carbons (Fsp3) is 0.467. The van der Waals surface area contributed by atoms with Gasteiger partial charge in [-0.3, -0.25) is 4.90 Å². The van der Waals surface area contributed by atoms with Gasteiger partial charge in [0.15, 0.2) is 0 Å². The number of rotatable bonds is 2. The second-order valence-corrected chi connectivity index (χ2v) is 5.86. The van der Waals surface area contributed by atoms with Crippen molar-refractivity contribution in [3.05, 3.63) is 35.2 Å². The first-order chi connectivity index (χ1) is 8.43. The molecule has 17 heavy (non-hydrogen) atoms. The van der Waals surface area contributed by atoms with Crippen LogP contribution in [0.2, 0.25) is 0 Å². The van der Waals surface area contributed by atoms with Crippen molar-refractivity contribution >= 4 is 21.4 Å². The lowest BCUT2D eigenvalue weighted by Gasteiger charge is -2.19. The van der Waals surface area contributed by atoms with Crippen molar-refractivity contribution in [3.63, 3.8) is 0 Å². The highest BCUT2D eigenvalue weighted by molar-refractivity contribution is 7.17. The summed E-state index contributed by atoms with van der Waals surface area (Å²) >= 11 is 1.88. The van der Waals surface area contributed by atoms with E-state index in [1.165, 1.54) is 54.4 Å². The van der Waals surface area contributed by atoms with Crippen molar-refractivity contribution in [2.24, 2.45) is 0 Å². The molecule has 0 amide bonds. The van der Waals surface area contributed by atoms with E-state index in [-0.39, 0.29) is 0 Å². The number of benzene rings is 1. The summed E-state index contributed by atoms with van der Waals surface area (Å²) in [6.45, 7) is 3.71. The van der Waals surface area contributed by atoms with E-state index in [4.69, 9.17) is 0 Å². The molecule has 0 radical (unpaired) electrons. The Bertz CT molecular complexity index is 480. The molecule has 1 saturated heterocycles. The molecule has 1 aliphatic rings. The molecule has 0 aliphatic carbocycles. The van der Waals surface area contributed by atoms with E-state index >= 15 is 0 Å². The minimum Gasteiger partial charge on any atom is -0.299 e. The Hall–Kier alpha value is -0.860. The van der Waals surface area contributed by atoms with Crippen molar-refractivity contribution in [2.75, 3.05) is 13.1 Å². The van der Waals surface area contributed by atoms with E-state index in [2.05, 4.69) is 34.5 Å². The molecule has 3 rings (SSSR count). The monoisotopic (exact) mass is 245 g/mol. The molecule has 1 nitrogen and oxygen atoms in total. The van der Waals surface area contributed by atoms with Gasteiger partial charge >= 0.3 is 0 Å². The molecule has 0 bridgehead atoms. The first-order valence-corrected chi connectivity index (χ1v) is 7.49. The van der Waals surface area contributed by atoms with Crippen molar-refractivity contribution in [2.45, 2.75) is 32.2 Å². The van der Waals surface area contributed by atoms with Crippen LogP contribution in [0.4, 0.5) is 0 Å². The topological polar surface area (TPSA) is 3.24 Å². The van der Waals surface area contributed by atoms with Crippen LogP contribution < -0.4 is 0 Å². The SMILES string of the molecule is c1ccc2c(CN3CCCCCC3)csc2c1. The first kappa shape index (κ1) is 11.2. The molecule has 1 aliphatic heterocycles. The normalized spacial score (nSPS) is 18.4. The van der Waals surface area contributed by atoms with Crippen LogP contribution in [-0.2, 0) is 6.54 Å². The molecule has 0 N–H and O–H groups in total. The molecule has 2 heteroatoms. The molecule has 90 valence electrons. The van der Waals surface area contributed by atoms with E-state index in [0.717, 1.165) is 6.54 Å². The lowest BCUT2D eigenvalue weighted by Crippen LogP contribution is -2.23. The van der Waals surface area contributed by atoms with Gasteiger partial charge in [0.05, 0.1) is 0 Å². The summed E-state index contributed by atoms with van der Waals surface area (Å²) in [4.78, 5) is 2.63. The fourth-order valence-corrected chi connectivity index (χ4v) is 3.64. The molecular formula is C15H19NS. The van der Waals surface area contributed by atoms with Gasteiger partial charge in [-0.2, -0.15) is 0 Å². The predicted octanol–water partition coefficient (Wildman–Crippen LogP) is 4.28. The first-order valence-electron chi connectivity index (χ1n) is 6.61. The van der Waals surface area contributed by atoms with E-state index in [1.807, 2.05) is 11.3 Å². The molecule has 0 spiro atoms. The van der Waals surface area contributed by atoms with E-state index in [1.54, 1.807) is 0 Å². The van der Waals surface area contributed by atoms with Crippen LogP contribution in [0.3, 0.4) is 0 Å². The zero-order valence-electron chi connectivity index (χ0n) is 10.2. The third kappa shape index (κ3) is 2.53. The number of thiophene rings is 1. The summed E-state index contributed by atoms with van der Waals surface area (Å²) in [6.07, 6.45) is 5.59. The summed E-state index contributed by atoms with van der Waals surface area (Å²) in [5.74, 6) is 0. The summed E-state index contributed by atoms with van der Waals surface area (Å²) in [5.41, 5.74) is 1.52. The fourth-order valence-electron chi connectivity index (χ4n) is 2.69. The minimum absolute atomic E-state index is 1.14. The number of hydrogen-bond donors (Lipinski definition) is 0.